The van der Waals surface area contributed by atoms with E-state index in [0.717, 1.165) is 18.4 Å². The smallest absolute Gasteiger partial charge is 0.220 e. The lowest BCUT2D eigenvalue weighted by Gasteiger charge is -2.14. The second-order valence-electron chi connectivity index (χ2n) is 4.73. The zero-order chi connectivity index (χ0) is 14.5. The molecule has 0 aliphatic heterocycles. The van der Waals surface area contributed by atoms with Crippen LogP contribution in [-0.4, -0.2) is 20.6 Å². The molecule has 0 aromatic heterocycles. The fourth-order valence-corrected chi connectivity index (χ4v) is 2.37. The highest BCUT2D eigenvalue weighted by molar-refractivity contribution is 7.90. The van der Waals surface area contributed by atoms with Gasteiger partial charge in [-0.1, -0.05) is 25.5 Å². The summed E-state index contributed by atoms with van der Waals surface area (Å²) in [5, 5.41) is 2.90. The van der Waals surface area contributed by atoms with Crippen molar-refractivity contribution in [3.8, 4) is 0 Å². The number of amides is 1. The Balaban J connectivity index is 2.68. The normalized spacial score (nSPS) is 13.0. The van der Waals surface area contributed by atoms with Gasteiger partial charge >= 0.3 is 0 Å². The van der Waals surface area contributed by atoms with E-state index in [1.54, 1.807) is 24.3 Å². The number of nitrogens with one attached hydrogen (secondary N) is 1. The molecule has 1 aromatic carbocycles. The highest BCUT2D eigenvalue weighted by Crippen LogP contribution is 2.16. The first-order chi connectivity index (χ1) is 8.84. The first-order valence-electron chi connectivity index (χ1n) is 6.44. The average Bonchev–Trinajstić information content (AvgIpc) is 2.35. The number of rotatable bonds is 6. The third-order valence-electron chi connectivity index (χ3n) is 2.94. The first kappa shape index (κ1) is 15.7. The summed E-state index contributed by atoms with van der Waals surface area (Å²) in [5.74, 6) is 0.0292. The van der Waals surface area contributed by atoms with Crippen molar-refractivity contribution in [2.75, 3.05) is 6.26 Å². The molecule has 0 bridgehead atoms. The largest absolute Gasteiger partial charge is 0.350 e. The van der Waals surface area contributed by atoms with Gasteiger partial charge in [0.15, 0.2) is 9.84 Å². The number of carbonyl (C=O) groups excluding carboxylic acids is 1. The maximum absolute atomic E-state index is 11.6. The topological polar surface area (TPSA) is 63.2 Å². The number of hydrogen-bond donors (Lipinski definition) is 1. The van der Waals surface area contributed by atoms with E-state index in [9.17, 15) is 13.2 Å². The molecule has 1 unspecified atom stereocenters. The van der Waals surface area contributed by atoms with Crippen LogP contribution in [0.2, 0.25) is 0 Å². The molecule has 0 fully saturated rings. The highest BCUT2D eigenvalue weighted by atomic mass is 32.2. The summed E-state index contributed by atoms with van der Waals surface area (Å²) >= 11 is 0. The van der Waals surface area contributed by atoms with Gasteiger partial charge in [0.2, 0.25) is 5.91 Å². The maximum atomic E-state index is 11.6. The Morgan fingerprint density at radius 1 is 1.26 bits per heavy atom. The molecule has 0 heterocycles. The second-order valence-corrected chi connectivity index (χ2v) is 6.75. The van der Waals surface area contributed by atoms with Gasteiger partial charge in [-0.15, -0.1) is 0 Å². The van der Waals surface area contributed by atoms with Crippen LogP contribution in [0.5, 0.6) is 0 Å². The molecule has 0 spiro atoms. The SMILES string of the molecule is CCCCC(=O)NC(C)c1ccc(S(C)(=O)=O)cc1. The van der Waals surface area contributed by atoms with Crippen LogP contribution in [0, 0.1) is 0 Å². The van der Waals surface area contributed by atoms with Crippen LogP contribution in [0.4, 0.5) is 0 Å². The van der Waals surface area contributed by atoms with Crippen molar-refractivity contribution < 1.29 is 13.2 Å². The van der Waals surface area contributed by atoms with Gasteiger partial charge in [0.1, 0.15) is 0 Å². The molecule has 0 radical (unpaired) electrons. The van der Waals surface area contributed by atoms with Crippen LogP contribution in [0.25, 0.3) is 0 Å². The predicted molar refractivity (Wildman–Crippen MR) is 75.6 cm³/mol. The summed E-state index contributed by atoms with van der Waals surface area (Å²) in [4.78, 5) is 11.9. The lowest BCUT2D eigenvalue weighted by atomic mass is 10.1. The monoisotopic (exact) mass is 283 g/mol. The molecular weight excluding hydrogens is 262 g/mol. The quantitative estimate of drug-likeness (QED) is 0.872. The van der Waals surface area contributed by atoms with Gasteiger partial charge in [0, 0.05) is 12.7 Å². The summed E-state index contributed by atoms with van der Waals surface area (Å²) in [6.07, 6.45) is 3.58. The minimum absolute atomic E-state index is 0.0292. The van der Waals surface area contributed by atoms with E-state index in [4.69, 9.17) is 0 Å². The van der Waals surface area contributed by atoms with E-state index in [1.807, 2.05) is 13.8 Å². The minimum Gasteiger partial charge on any atom is -0.350 e. The van der Waals surface area contributed by atoms with Crippen molar-refractivity contribution in [3.63, 3.8) is 0 Å². The molecule has 5 heteroatoms. The van der Waals surface area contributed by atoms with Crippen LogP contribution in [0.1, 0.15) is 44.7 Å². The highest BCUT2D eigenvalue weighted by Gasteiger charge is 2.11. The molecule has 19 heavy (non-hydrogen) atoms. The molecule has 1 atom stereocenters. The van der Waals surface area contributed by atoms with Crippen LogP contribution >= 0.6 is 0 Å². The van der Waals surface area contributed by atoms with Crippen LogP contribution < -0.4 is 5.32 Å². The zero-order valence-electron chi connectivity index (χ0n) is 11.6. The molecule has 0 saturated heterocycles. The predicted octanol–water partition coefficient (Wildman–Crippen LogP) is 2.46. The number of sulfone groups is 1. The number of hydrogen-bond acceptors (Lipinski definition) is 3. The van der Waals surface area contributed by atoms with E-state index >= 15 is 0 Å². The zero-order valence-corrected chi connectivity index (χ0v) is 12.5. The third-order valence-corrected chi connectivity index (χ3v) is 4.07. The van der Waals surface area contributed by atoms with Gasteiger partial charge in [0.25, 0.3) is 0 Å². The molecule has 1 aromatic rings. The Morgan fingerprint density at radius 3 is 2.32 bits per heavy atom. The summed E-state index contributed by atoms with van der Waals surface area (Å²) in [6, 6.07) is 6.50. The van der Waals surface area contributed by atoms with Crippen molar-refractivity contribution in [3.05, 3.63) is 29.8 Å². The van der Waals surface area contributed by atoms with Gasteiger partial charge in [-0.25, -0.2) is 8.42 Å². The Hall–Kier alpha value is -1.36. The number of benzene rings is 1. The summed E-state index contributed by atoms with van der Waals surface area (Å²) in [7, 11) is -3.17. The van der Waals surface area contributed by atoms with E-state index in [0.29, 0.717) is 11.3 Å². The Morgan fingerprint density at radius 2 is 1.84 bits per heavy atom. The molecular formula is C14H21NO3S. The van der Waals surface area contributed by atoms with Gasteiger partial charge in [-0.3, -0.25) is 4.79 Å². The first-order valence-corrected chi connectivity index (χ1v) is 8.33. The summed E-state index contributed by atoms with van der Waals surface area (Å²) < 4.78 is 22.7. The molecule has 0 aliphatic carbocycles. The molecule has 106 valence electrons. The maximum Gasteiger partial charge on any atom is 0.220 e. The lowest BCUT2D eigenvalue weighted by molar-refractivity contribution is -0.121. The van der Waals surface area contributed by atoms with E-state index < -0.39 is 9.84 Å². The minimum atomic E-state index is -3.17. The van der Waals surface area contributed by atoms with Gasteiger partial charge in [0.05, 0.1) is 10.9 Å². The van der Waals surface area contributed by atoms with Crippen molar-refractivity contribution in [2.24, 2.45) is 0 Å². The van der Waals surface area contributed by atoms with Crippen LogP contribution in [-0.2, 0) is 14.6 Å². The lowest BCUT2D eigenvalue weighted by Crippen LogP contribution is -2.26. The van der Waals surface area contributed by atoms with Crippen molar-refractivity contribution in [1.82, 2.24) is 5.32 Å². The fourth-order valence-electron chi connectivity index (χ4n) is 1.74. The standard InChI is InChI=1S/C14H21NO3S/c1-4-5-6-14(16)15-11(2)12-7-9-13(10-8-12)19(3,17)18/h7-11H,4-6H2,1-3H3,(H,15,16). The average molecular weight is 283 g/mol. The number of unbranched alkanes of at least 4 members (excludes halogenated alkanes) is 1. The molecule has 1 N–H and O–H groups in total. The van der Waals surface area contributed by atoms with Crippen molar-refractivity contribution in [2.45, 2.75) is 44.0 Å². The Labute approximate surface area is 115 Å². The van der Waals surface area contributed by atoms with Crippen LogP contribution in [0.15, 0.2) is 29.2 Å². The van der Waals surface area contributed by atoms with Gasteiger partial charge in [-0.05, 0) is 31.0 Å². The van der Waals surface area contributed by atoms with Gasteiger partial charge < -0.3 is 5.32 Å². The summed E-state index contributed by atoms with van der Waals surface area (Å²) in [5.41, 5.74) is 0.900. The van der Waals surface area contributed by atoms with Crippen molar-refractivity contribution >= 4 is 15.7 Å². The third kappa shape index (κ3) is 5.03. The Kier molecular flexibility index (Phi) is 5.54. The Bertz CT molecular complexity index is 520. The molecule has 1 amide bonds. The van der Waals surface area contributed by atoms with Gasteiger partial charge in [-0.2, -0.15) is 0 Å². The number of carbonyl (C=O) groups is 1. The van der Waals surface area contributed by atoms with E-state index in [-0.39, 0.29) is 11.9 Å². The molecule has 0 saturated carbocycles. The molecule has 4 nitrogen and oxygen atoms in total. The van der Waals surface area contributed by atoms with Crippen molar-refractivity contribution in [1.29, 1.82) is 0 Å². The van der Waals surface area contributed by atoms with E-state index in [2.05, 4.69) is 5.32 Å². The molecule has 0 aliphatic rings. The fraction of sp³-hybridized carbons (Fsp3) is 0.500. The second kappa shape index (κ2) is 6.70. The van der Waals surface area contributed by atoms with Crippen LogP contribution in [0.3, 0.4) is 0 Å². The molecule has 1 rings (SSSR count). The summed E-state index contributed by atoms with van der Waals surface area (Å²) in [6.45, 7) is 3.93. The van der Waals surface area contributed by atoms with E-state index in [1.165, 1.54) is 6.26 Å².